The van der Waals surface area contributed by atoms with E-state index >= 15 is 0 Å². The highest BCUT2D eigenvalue weighted by Gasteiger charge is 2.29. The molecule has 0 unspecified atom stereocenters. The third-order valence-corrected chi connectivity index (χ3v) is 5.09. The molecule has 1 N–H and O–H groups in total. The van der Waals surface area contributed by atoms with E-state index in [1.54, 1.807) is 0 Å². The first kappa shape index (κ1) is 21.0. The number of rotatable bonds is 10. The van der Waals surface area contributed by atoms with Crippen LogP contribution in [0.5, 0.6) is 0 Å². The van der Waals surface area contributed by atoms with E-state index < -0.39 is 5.97 Å². The first-order valence-corrected chi connectivity index (χ1v) is 10.3. The molecule has 0 bridgehead atoms. The Bertz CT molecular complexity index is 992. The van der Waals surface area contributed by atoms with Gasteiger partial charge in [0.1, 0.15) is 12.4 Å². The maximum atomic E-state index is 10.4. The van der Waals surface area contributed by atoms with Gasteiger partial charge < -0.3 is 19.5 Å². The van der Waals surface area contributed by atoms with Gasteiger partial charge in [0.2, 0.25) is 0 Å². The number of benzene rings is 2. The first-order valence-electron chi connectivity index (χ1n) is 10.3. The fourth-order valence-corrected chi connectivity index (χ4v) is 3.53. The minimum absolute atomic E-state index is 0.287. The highest BCUT2D eigenvalue weighted by atomic mass is 16.5. The van der Waals surface area contributed by atoms with Crippen molar-refractivity contribution in [2.75, 3.05) is 44.4 Å². The van der Waals surface area contributed by atoms with Crippen LogP contribution in [-0.4, -0.2) is 60.6 Å². The standard InChI is InChI=1S/C24H25N3O4/c28-22(29)17-31-12-11-30-16-18-14-27(15-18)21-13-25-23(19-7-3-1-4-8-19)24(26-21)20-9-5-2-6-10-20/h1-10,13,18H,11-12,14-17H2,(H,28,29). The second-order valence-electron chi connectivity index (χ2n) is 7.45. The third kappa shape index (κ3) is 5.45. The first-order chi connectivity index (χ1) is 15.2. The number of carboxylic acids is 1. The van der Waals surface area contributed by atoms with Crippen molar-refractivity contribution < 1.29 is 19.4 Å². The zero-order valence-corrected chi connectivity index (χ0v) is 17.2. The van der Waals surface area contributed by atoms with Gasteiger partial charge in [0.05, 0.1) is 37.4 Å². The van der Waals surface area contributed by atoms with Crippen LogP contribution in [0.4, 0.5) is 5.82 Å². The molecule has 0 amide bonds. The number of carboxylic acid groups (broad SMARTS) is 1. The van der Waals surface area contributed by atoms with Gasteiger partial charge in [0.15, 0.2) is 0 Å². The molecule has 2 heterocycles. The Kier molecular flexibility index (Phi) is 6.86. The van der Waals surface area contributed by atoms with E-state index in [1.807, 2.05) is 54.7 Å². The topological polar surface area (TPSA) is 84.8 Å². The summed E-state index contributed by atoms with van der Waals surface area (Å²) in [5, 5.41) is 8.53. The predicted molar refractivity (Wildman–Crippen MR) is 118 cm³/mol. The van der Waals surface area contributed by atoms with Gasteiger partial charge >= 0.3 is 5.97 Å². The van der Waals surface area contributed by atoms with Crippen molar-refractivity contribution in [2.24, 2.45) is 5.92 Å². The Morgan fingerprint density at radius 2 is 1.55 bits per heavy atom. The molecular weight excluding hydrogens is 394 g/mol. The van der Waals surface area contributed by atoms with Crippen molar-refractivity contribution in [2.45, 2.75) is 0 Å². The van der Waals surface area contributed by atoms with E-state index in [0.717, 1.165) is 41.4 Å². The van der Waals surface area contributed by atoms with Crippen LogP contribution in [0.1, 0.15) is 0 Å². The summed E-state index contributed by atoms with van der Waals surface area (Å²) in [7, 11) is 0. The summed E-state index contributed by atoms with van der Waals surface area (Å²) in [6.07, 6.45) is 1.84. The number of nitrogens with zero attached hydrogens (tertiary/aromatic N) is 3. The van der Waals surface area contributed by atoms with Gasteiger partial charge in [-0.3, -0.25) is 4.98 Å². The lowest BCUT2D eigenvalue weighted by Gasteiger charge is -2.40. The van der Waals surface area contributed by atoms with Crippen LogP contribution >= 0.6 is 0 Å². The summed E-state index contributed by atoms with van der Waals surface area (Å²) in [4.78, 5) is 22.3. The molecule has 4 rings (SSSR count). The van der Waals surface area contributed by atoms with E-state index in [9.17, 15) is 4.79 Å². The molecule has 2 aromatic carbocycles. The molecule has 3 aromatic rings. The molecule has 160 valence electrons. The molecule has 7 heteroatoms. The zero-order valence-electron chi connectivity index (χ0n) is 17.2. The summed E-state index contributed by atoms with van der Waals surface area (Å²) in [6.45, 7) is 2.71. The molecule has 0 atom stereocenters. The van der Waals surface area contributed by atoms with Gasteiger partial charge in [-0.05, 0) is 0 Å². The lowest BCUT2D eigenvalue weighted by molar-refractivity contribution is -0.142. The number of aromatic nitrogens is 2. The molecule has 1 aromatic heterocycles. The fraction of sp³-hybridized carbons (Fsp3) is 0.292. The minimum atomic E-state index is -0.969. The summed E-state index contributed by atoms with van der Waals surface area (Å²) in [5.74, 6) is 0.304. The molecule has 0 spiro atoms. The SMILES string of the molecule is O=C(O)COCCOCC1CN(c2cnc(-c3ccccc3)c(-c3ccccc3)n2)C1. The van der Waals surface area contributed by atoms with Crippen molar-refractivity contribution >= 4 is 11.8 Å². The van der Waals surface area contributed by atoms with Gasteiger partial charge in [0, 0.05) is 30.1 Å². The molecule has 1 aliphatic rings. The van der Waals surface area contributed by atoms with Crippen LogP contribution in [0.25, 0.3) is 22.5 Å². The maximum absolute atomic E-state index is 10.4. The average molecular weight is 419 g/mol. The van der Waals surface area contributed by atoms with E-state index in [0.29, 0.717) is 19.1 Å². The van der Waals surface area contributed by atoms with Crippen LogP contribution < -0.4 is 4.90 Å². The van der Waals surface area contributed by atoms with Gasteiger partial charge in [-0.15, -0.1) is 0 Å². The molecule has 0 radical (unpaired) electrons. The van der Waals surface area contributed by atoms with Gasteiger partial charge in [0.25, 0.3) is 0 Å². The van der Waals surface area contributed by atoms with Crippen LogP contribution in [0.3, 0.4) is 0 Å². The van der Waals surface area contributed by atoms with Crippen molar-refractivity contribution in [1.82, 2.24) is 9.97 Å². The number of aliphatic carboxylic acids is 1. The second-order valence-corrected chi connectivity index (χ2v) is 7.45. The number of anilines is 1. The Labute approximate surface area is 181 Å². The molecule has 1 aliphatic heterocycles. The summed E-state index contributed by atoms with van der Waals surface area (Å²) in [5.41, 5.74) is 3.83. The van der Waals surface area contributed by atoms with Gasteiger partial charge in [-0.1, -0.05) is 60.7 Å². The number of hydrogen-bond donors (Lipinski definition) is 1. The normalized spacial score (nSPS) is 13.7. The van der Waals surface area contributed by atoms with Crippen molar-refractivity contribution in [3.63, 3.8) is 0 Å². The lowest BCUT2D eigenvalue weighted by atomic mass is 10.0. The zero-order chi connectivity index (χ0) is 21.5. The van der Waals surface area contributed by atoms with Crippen molar-refractivity contribution in [3.05, 3.63) is 66.9 Å². The molecule has 7 nitrogen and oxygen atoms in total. The molecule has 0 aliphatic carbocycles. The third-order valence-electron chi connectivity index (χ3n) is 5.09. The van der Waals surface area contributed by atoms with Crippen LogP contribution in [0.15, 0.2) is 66.9 Å². The Morgan fingerprint density at radius 3 is 2.19 bits per heavy atom. The highest BCUT2D eigenvalue weighted by Crippen LogP contribution is 2.32. The fourth-order valence-electron chi connectivity index (χ4n) is 3.53. The predicted octanol–water partition coefficient (Wildman–Crippen LogP) is 3.36. The number of carbonyl (C=O) groups is 1. The Morgan fingerprint density at radius 1 is 0.935 bits per heavy atom. The van der Waals surface area contributed by atoms with Crippen LogP contribution in [0.2, 0.25) is 0 Å². The number of ether oxygens (including phenoxy) is 2. The molecule has 1 saturated heterocycles. The Hall–Kier alpha value is -3.29. The monoisotopic (exact) mass is 419 g/mol. The van der Waals surface area contributed by atoms with Crippen molar-refractivity contribution in [1.29, 1.82) is 0 Å². The summed E-state index contributed by atoms with van der Waals surface area (Å²) < 4.78 is 10.6. The van der Waals surface area contributed by atoms with Gasteiger partial charge in [-0.2, -0.15) is 0 Å². The number of hydrogen-bond acceptors (Lipinski definition) is 6. The van der Waals surface area contributed by atoms with E-state index in [2.05, 4.69) is 17.0 Å². The smallest absolute Gasteiger partial charge is 0.329 e. The molecular formula is C24H25N3O4. The second kappa shape index (κ2) is 10.1. The van der Waals surface area contributed by atoms with E-state index in [1.165, 1.54) is 0 Å². The average Bonchev–Trinajstić information content (AvgIpc) is 2.78. The molecule has 1 fully saturated rings. The van der Waals surface area contributed by atoms with Gasteiger partial charge in [-0.25, -0.2) is 9.78 Å². The largest absolute Gasteiger partial charge is 0.480 e. The van der Waals surface area contributed by atoms with Crippen molar-refractivity contribution in [3.8, 4) is 22.5 Å². The maximum Gasteiger partial charge on any atom is 0.329 e. The summed E-state index contributed by atoms with van der Waals surface area (Å²) >= 11 is 0. The van der Waals surface area contributed by atoms with Crippen LogP contribution in [0, 0.1) is 5.92 Å². The molecule has 0 saturated carbocycles. The Balaban J connectivity index is 1.39. The quantitative estimate of drug-likeness (QED) is 0.504. The summed E-state index contributed by atoms with van der Waals surface area (Å²) in [6, 6.07) is 20.2. The van der Waals surface area contributed by atoms with E-state index in [-0.39, 0.29) is 13.2 Å². The van der Waals surface area contributed by atoms with Crippen LogP contribution in [-0.2, 0) is 14.3 Å². The van der Waals surface area contributed by atoms with E-state index in [4.69, 9.17) is 24.5 Å². The molecule has 31 heavy (non-hydrogen) atoms. The highest BCUT2D eigenvalue weighted by molar-refractivity contribution is 5.78. The minimum Gasteiger partial charge on any atom is -0.480 e. The lowest BCUT2D eigenvalue weighted by Crippen LogP contribution is -2.49.